The Kier molecular flexibility index (Phi) is 3.60. The van der Waals surface area contributed by atoms with Crippen molar-refractivity contribution in [2.45, 2.75) is 6.18 Å². The molecule has 0 aliphatic rings. The van der Waals surface area contributed by atoms with Crippen LogP contribution in [0.2, 0.25) is 10.0 Å². The van der Waals surface area contributed by atoms with Gasteiger partial charge in [0.05, 0.1) is 10.7 Å². The van der Waals surface area contributed by atoms with Crippen LogP contribution < -0.4 is 0 Å². The molecular weight excluding hydrogens is 302 g/mol. The van der Waals surface area contributed by atoms with Gasteiger partial charge in [-0.2, -0.15) is 13.2 Å². The minimum atomic E-state index is -4.74. The molecule has 0 aliphatic carbocycles. The maximum atomic E-state index is 12.6. The molecule has 0 atom stereocenters. The fourth-order valence-corrected chi connectivity index (χ4v) is 1.89. The summed E-state index contributed by atoms with van der Waals surface area (Å²) in [5, 5.41) is 9.74. The highest BCUT2D eigenvalue weighted by Crippen LogP contribution is 2.37. The molecule has 1 heterocycles. The summed E-state index contributed by atoms with van der Waals surface area (Å²) in [6.45, 7) is 0. The van der Waals surface area contributed by atoms with E-state index in [9.17, 15) is 18.3 Å². The van der Waals surface area contributed by atoms with Crippen molar-refractivity contribution in [3.63, 3.8) is 0 Å². The number of benzene rings is 1. The number of aromatic hydroxyl groups is 1. The largest absolute Gasteiger partial charge is 0.506 e. The zero-order chi connectivity index (χ0) is 14.2. The number of aromatic nitrogens is 1. The highest BCUT2D eigenvalue weighted by molar-refractivity contribution is 6.35. The standard InChI is InChI=1S/C12H6Cl2F3NO/c13-6-1-2-8(14)7(5-6)9-3-4-10(19)11(18-9)12(15,16)17/h1-5,19H. The van der Waals surface area contributed by atoms with Gasteiger partial charge >= 0.3 is 6.18 Å². The molecule has 0 fully saturated rings. The van der Waals surface area contributed by atoms with Gasteiger partial charge in [0, 0.05) is 10.6 Å². The number of halogens is 5. The predicted octanol–water partition coefficient (Wildman–Crippen LogP) is 4.78. The second kappa shape index (κ2) is 4.90. The Bertz CT molecular complexity index is 629. The van der Waals surface area contributed by atoms with Crippen LogP contribution in [-0.4, -0.2) is 10.1 Å². The van der Waals surface area contributed by atoms with Gasteiger partial charge in [-0.25, -0.2) is 4.98 Å². The summed E-state index contributed by atoms with van der Waals surface area (Å²) in [4.78, 5) is 3.40. The molecule has 0 spiro atoms. The molecule has 19 heavy (non-hydrogen) atoms. The molecule has 7 heteroatoms. The van der Waals surface area contributed by atoms with Crippen molar-refractivity contribution in [1.29, 1.82) is 0 Å². The highest BCUT2D eigenvalue weighted by Gasteiger charge is 2.36. The first-order valence-electron chi connectivity index (χ1n) is 5.01. The van der Waals surface area contributed by atoms with E-state index in [1.54, 1.807) is 0 Å². The molecule has 1 aromatic heterocycles. The SMILES string of the molecule is Oc1ccc(-c2cc(Cl)ccc2Cl)nc1C(F)(F)F. The lowest BCUT2D eigenvalue weighted by Crippen LogP contribution is -2.08. The van der Waals surface area contributed by atoms with E-state index >= 15 is 0 Å². The smallest absolute Gasteiger partial charge is 0.437 e. The van der Waals surface area contributed by atoms with Gasteiger partial charge in [-0.15, -0.1) is 0 Å². The third kappa shape index (κ3) is 2.93. The Labute approximate surface area is 116 Å². The summed E-state index contributed by atoms with van der Waals surface area (Å²) in [7, 11) is 0. The van der Waals surface area contributed by atoms with E-state index in [-0.39, 0.29) is 16.3 Å². The zero-order valence-electron chi connectivity index (χ0n) is 9.17. The first-order chi connectivity index (χ1) is 8.79. The Morgan fingerprint density at radius 2 is 1.74 bits per heavy atom. The van der Waals surface area contributed by atoms with Gasteiger partial charge in [0.1, 0.15) is 5.75 Å². The number of nitrogens with zero attached hydrogens (tertiary/aromatic N) is 1. The highest BCUT2D eigenvalue weighted by atomic mass is 35.5. The number of alkyl halides is 3. The summed E-state index contributed by atoms with van der Waals surface area (Å²) in [6.07, 6.45) is -4.74. The maximum absolute atomic E-state index is 12.6. The van der Waals surface area contributed by atoms with Crippen LogP contribution >= 0.6 is 23.2 Å². The van der Waals surface area contributed by atoms with Crippen molar-refractivity contribution >= 4 is 23.2 Å². The van der Waals surface area contributed by atoms with E-state index in [0.717, 1.165) is 6.07 Å². The molecule has 0 aliphatic heterocycles. The Hall–Kier alpha value is -1.46. The van der Waals surface area contributed by atoms with Gasteiger partial charge in [-0.05, 0) is 30.3 Å². The summed E-state index contributed by atoms with van der Waals surface area (Å²) < 4.78 is 37.9. The third-order valence-electron chi connectivity index (χ3n) is 2.35. The second-order valence-corrected chi connectivity index (χ2v) is 4.53. The number of rotatable bonds is 1. The molecule has 1 N–H and O–H groups in total. The quantitative estimate of drug-likeness (QED) is 0.822. The first-order valence-corrected chi connectivity index (χ1v) is 5.77. The lowest BCUT2D eigenvalue weighted by molar-refractivity contribution is -0.142. The average molecular weight is 308 g/mol. The molecule has 0 bridgehead atoms. The Morgan fingerprint density at radius 3 is 2.37 bits per heavy atom. The van der Waals surface area contributed by atoms with Crippen molar-refractivity contribution in [3.8, 4) is 17.0 Å². The fraction of sp³-hybridized carbons (Fsp3) is 0.0833. The molecular formula is C12H6Cl2F3NO. The van der Waals surface area contributed by atoms with Crippen LogP contribution in [0.25, 0.3) is 11.3 Å². The van der Waals surface area contributed by atoms with Crippen molar-refractivity contribution < 1.29 is 18.3 Å². The van der Waals surface area contributed by atoms with Gasteiger partial charge in [0.25, 0.3) is 0 Å². The van der Waals surface area contributed by atoms with E-state index in [0.29, 0.717) is 5.02 Å². The molecule has 0 unspecified atom stereocenters. The molecule has 2 aromatic rings. The van der Waals surface area contributed by atoms with Crippen LogP contribution in [0.15, 0.2) is 30.3 Å². The van der Waals surface area contributed by atoms with E-state index in [1.807, 2.05) is 0 Å². The zero-order valence-corrected chi connectivity index (χ0v) is 10.7. The number of hydrogen-bond donors (Lipinski definition) is 1. The minimum Gasteiger partial charge on any atom is -0.506 e. The minimum absolute atomic E-state index is 0.0161. The van der Waals surface area contributed by atoms with Crippen molar-refractivity contribution in [2.75, 3.05) is 0 Å². The van der Waals surface area contributed by atoms with Crippen LogP contribution in [0.4, 0.5) is 13.2 Å². The van der Waals surface area contributed by atoms with Crippen LogP contribution in [0.5, 0.6) is 5.75 Å². The van der Waals surface area contributed by atoms with E-state index in [1.165, 1.54) is 24.3 Å². The van der Waals surface area contributed by atoms with Crippen LogP contribution in [0, 0.1) is 0 Å². The number of pyridine rings is 1. The van der Waals surface area contributed by atoms with Crippen molar-refractivity contribution in [3.05, 3.63) is 46.1 Å². The molecule has 2 nitrogen and oxygen atoms in total. The van der Waals surface area contributed by atoms with Crippen molar-refractivity contribution in [2.24, 2.45) is 0 Å². The summed E-state index contributed by atoms with van der Waals surface area (Å²) in [5.41, 5.74) is -1.11. The second-order valence-electron chi connectivity index (χ2n) is 3.69. The molecule has 0 saturated heterocycles. The molecule has 100 valence electrons. The molecule has 1 aromatic carbocycles. The topological polar surface area (TPSA) is 33.1 Å². The first kappa shape index (κ1) is 14.0. The van der Waals surface area contributed by atoms with Gasteiger partial charge in [0.15, 0.2) is 5.69 Å². The summed E-state index contributed by atoms with van der Waals surface area (Å²) in [6, 6.07) is 6.54. The predicted molar refractivity (Wildman–Crippen MR) is 66.4 cm³/mol. The van der Waals surface area contributed by atoms with Crippen LogP contribution in [-0.2, 0) is 6.18 Å². The fourth-order valence-electron chi connectivity index (χ4n) is 1.50. The molecule has 2 rings (SSSR count). The normalized spacial score (nSPS) is 11.6. The monoisotopic (exact) mass is 307 g/mol. The molecule has 0 saturated carbocycles. The van der Waals surface area contributed by atoms with E-state index in [4.69, 9.17) is 23.2 Å². The van der Waals surface area contributed by atoms with Gasteiger partial charge in [0.2, 0.25) is 0 Å². The maximum Gasteiger partial charge on any atom is 0.437 e. The molecule has 0 amide bonds. The number of hydrogen-bond acceptors (Lipinski definition) is 2. The van der Waals surface area contributed by atoms with Gasteiger partial charge < -0.3 is 5.11 Å². The third-order valence-corrected chi connectivity index (χ3v) is 2.91. The van der Waals surface area contributed by atoms with E-state index in [2.05, 4.69) is 4.98 Å². The van der Waals surface area contributed by atoms with Crippen LogP contribution in [0.1, 0.15) is 5.69 Å². The Balaban J connectivity index is 2.61. The van der Waals surface area contributed by atoms with Gasteiger partial charge in [-0.3, -0.25) is 0 Å². The lowest BCUT2D eigenvalue weighted by atomic mass is 10.1. The lowest BCUT2D eigenvalue weighted by Gasteiger charge is -2.11. The van der Waals surface area contributed by atoms with Crippen molar-refractivity contribution in [1.82, 2.24) is 4.98 Å². The Morgan fingerprint density at radius 1 is 1.05 bits per heavy atom. The summed E-state index contributed by atoms with van der Waals surface area (Å²) in [5.74, 6) is -0.936. The average Bonchev–Trinajstić information content (AvgIpc) is 2.31. The van der Waals surface area contributed by atoms with Gasteiger partial charge in [-0.1, -0.05) is 23.2 Å². The van der Waals surface area contributed by atoms with E-state index < -0.39 is 17.6 Å². The summed E-state index contributed by atoms with van der Waals surface area (Å²) >= 11 is 11.7. The van der Waals surface area contributed by atoms with Crippen LogP contribution in [0.3, 0.4) is 0 Å². The molecule has 0 radical (unpaired) electrons.